The molecule has 6 heteroatoms. The smallest absolute Gasteiger partial charge is 0.407 e. The molecule has 1 amide bonds. The molecule has 0 bridgehead atoms. The Kier molecular flexibility index (Phi) is 5.96. The molecule has 0 aliphatic heterocycles. The summed E-state index contributed by atoms with van der Waals surface area (Å²) in [6.45, 7) is 6.16. The summed E-state index contributed by atoms with van der Waals surface area (Å²) in [4.78, 5) is 14.4. The number of azide groups is 1. The third kappa shape index (κ3) is 6.91. The first kappa shape index (κ1) is 15.6. The third-order valence-electron chi connectivity index (χ3n) is 3.27. The molecule has 0 radical (unpaired) electrons. The molecule has 19 heavy (non-hydrogen) atoms. The van der Waals surface area contributed by atoms with Crippen molar-refractivity contribution in [2.24, 2.45) is 11.0 Å². The van der Waals surface area contributed by atoms with Crippen molar-refractivity contribution >= 4 is 6.09 Å². The van der Waals surface area contributed by atoms with E-state index >= 15 is 0 Å². The van der Waals surface area contributed by atoms with Gasteiger partial charge in [0.05, 0.1) is 0 Å². The van der Waals surface area contributed by atoms with Crippen molar-refractivity contribution < 1.29 is 9.53 Å². The minimum absolute atomic E-state index is 0.213. The second-order valence-corrected chi connectivity index (χ2v) is 6.11. The largest absolute Gasteiger partial charge is 0.444 e. The molecule has 1 N–H and O–H groups in total. The van der Waals surface area contributed by atoms with Crippen LogP contribution in [0.3, 0.4) is 0 Å². The van der Waals surface area contributed by atoms with E-state index in [1.54, 1.807) is 0 Å². The number of carbonyl (C=O) groups excluding carboxylic acids is 1. The molecule has 6 nitrogen and oxygen atoms in total. The van der Waals surface area contributed by atoms with Crippen molar-refractivity contribution in [3.63, 3.8) is 0 Å². The summed E-state index contributed by atoms with van der Waals surface area (Å²) in [5, 5.41) is 6.48. The molecule has 0 unspecified atom stereocenters. The van der Waals surface area contributed by atoms with Crippen LogP contribution in [0.2, 0.25) is 0 Å². The van der Waals surface area contributed by atoms with Gasteiger partial charge in [-0.2, -0.15) is 0 Å². The predicted octanol–water partition coefficient (Wildman–Crippen LogP) is 3.77. The van der Waals surface area contributed by atoms with Crippen molar-refractivity contribution in [2.45, 2.75) is 64.5 Å². The van der Waals surface area contributed by atoms with E-state index in [0.717, 1.165) is 32.1 Å². The van der Waals surface area contributed by atoms with Gasteiger partial charge in [0.25, 0.3) is 0 Å². The standard InChI is InChI=1S/C13H24N4O2/c1-13(2,3)19-12(18)16-11-6-4-10(5-7-11)8-9-15-17-14/h10-11H,4-9H2,1-3H3,(H,16,18). The minimum atomic E-state index is -0.448. The van der Waals surface area contributed by atoms with Crippen LogP contribution in [-0.2, 0) is 4.74 Å². The number of rotatable bonds is 4. The van der Waals surface area contributed by atoms with Gasteiger partial charge in [0.1, 0.15) is 5.60 Å². The molecule has 0 atom stereocenters. The molecular formula is C13H24N4O2. The van der Waals surface area contributed by atoms with Crippen LogP contribution in [0.15, 0.2) is 5.11 Å². The van der Waals surface area contributed by atoms with Gasteiger partial charge in [-0.05, 0) is 64.3 Å². The number of ether oxygens (including phenoxy) is 1. The van der Waals surface area contributed by atoms with Crippen molar-refractivity contribution in [3.05, 3.63) is 10.4 Å². The zero-order chi connectivity index (χ0) is 14.3. The Morgan fingerprint density at radius 1 is 1.37 bits per heavy atom. The van der Waals surface area contributed by atoms with Crippen LogP contribution >= 0.6 is 0 Å². The van der Waals surface area contributed by atoms with Crippen molar-refractivity contribution in [3.8, 4) is 0 Å². The van der Waals surface area contributed by atoms with E-state index in [1.807, 2.05) is 20.8 Å². The Morgan fingerprint density at radius 2 is 2.00 bits per heavy atom. The highest BCUT2D eigenvalue weighted by molar-refractivity contribution is 5.68. The number of alkyl carbamates (subject to hydrolysis) is 1. The molecule has 0 heterocycles. The van der Waals surface area contributed by atoms with Crippen LogP contribution in [-0.4, -0.2) is 24.3 Å². The molecule has 0 aromatic heterocycles. The zero-order valence-electron chi connectivity index (χ0n) is 12.1. The molecule has 1 aliphatic rings. The minimum Gasteiger partial charge on any atom is -0.444 e. The Labute approximate surface area is 114 Å². The van der Waals surface area contributed by atoms with E-state index in [0.29, 0.717) is 12.5 Å². The van der Waals surface area contributed by atoms with Crippen LogP contribution in [0.1, 0.15) is 52.9 Å². The average molecular weight is 268 g/mol. The molecule has 1 fully saturated rings. The fraction of sp³-hybridized carbons (Fsp3) is 0.923. The van der Waals surface area contributed by atoms with Crippen LogP contribution < -0.4 is 5.32 Å². The lowest BCUT2D eigenvalue weighted by Crippen LogP contribution is -2.40. The van der Waals surface area contributed by atoms with Gasteiger partial charge in [0.2, 0.25) is 0 Å². The number of nitrogens with one attached hydrogen (secondary N) is 1. The van der Waals surface area contributed by atoms with Crippen molar-refractivity contribution in [2.75, 3.05) is 6.54 Å². The second kappa shape index (κ2) is 7.24. The molecule has 0 spiro atoms. The SMILES string of the molecule is CC(C)(C)OC(=O)NC1CCC(CCN=[N+]=[N-])CC1. The highest BCUT2D eigenvalue weighted by atomic mass is 16.6. The van der Waals surface area contributed by atoms with Crippen LogP contribution in [0, 0.1) is 5.92 Å². The lowest BCUT2D eigenvalue weighted by atomic mass is 9.84. The number of amides is 1. The lowest BCUT2D eigenvalue weighted by Gasteiger charge is -2.29. The van der Waals surface area contributed by atoms with Crippen LogP contribution in [0.5, 0.6) is 0 Å². The van der Waals surface area contributed by atoms with E-state index in [9.17, 15) is 4.79 Å². The fourth-order valence-electron chi connectivity index (χ4n) is 2.35. The van der Waals surface area contributed by atoms with Crippen LogP contribution in [0.4, 0.5) is 4.79 Å². The Balaban J connectivity index is 2.22. The van der Waals surface area contributed by atoms with Gasteiger partial charge >= 0.3 is 6.09 Å². The van der Waals surface area contributed by atoms with Gasteiger partial charge in [-0.3, -0.25) is 0 Å². The van der Waals surface area contributed by atoms with Gasteiger partial charge in [-0.15, -0.1) is 0 Å². The number of hydrogen-bond acceptors (Lipinski definition) is 3. The molecule has 0 aromatic rings. The van der Waals surface area contributed by atoms with Crippen molar-refractivity contribution in [1.82, 2.24) is 5.32 Å². The first-order valence-electron chi connectivity index (χ1n) is 6.91. The normalized spacial score (nSPS) is 23.3. The Bertz CT molecular complexity index is 337. The molecule has 1 rings (SSSR count). The summed E-state index contributed by atoms with van der Waals surface area (Å²) < 4.78 is 5.24. The third-order valence-corrected chi connectivity index (χ3v) is 3.27. The van der Waals surface area contributed by atoms with Gasteiger partial charge in [-0.1, -0.05) is 5.11 Å². The molecule has 0 saturated heterocycles. The maximum Gasteiger partial charge on any atom is 0.407 e. The highest BCUT2D eigenvalue weighted by Gasteiger charge is 2.24. The first-order chi connectivity index (χ1) is 8.90. The molecule has 0 aromatic carbocycles. The summed E-state index contributed by atoms with van der Waals surface area (Å²) in [6, 6.07) is 0.213. The average Bonchev–Trinajstić information content (AvgIpc) is 2.29. The molecule has 108 valence electrons. The van der Waals surface area contributed by atoms with Crippen LogP contribution in [0.25, 0.3) is 10.4 Å². The molecule has 1 saturated carbocycles. The van der Waals surface area contributed by atoms with Gasteiger partial charge in [0.15, 0.2) is 0 Å². The second-order valence-electron chi connectivity index (χ2n) is 6.11. The van der Waals surface area contributed by atoms with Gasteiger partial charge in [0, 0.05) is 17.5 Å². The first-order valence-corrected chi connectivity index (χ1v) is 6.91. The summed E-state index contributed by atoms with van der Waals surface area (Å²) in [5.41, 5.74) is 7.78. The van der Waals surface area contributed by atoms with E-state index < -0.39 is 5.60 Å². The number of hydrogen-bond donors (Lipinski definition) is 1. The van der Waals surface area contributed by atoms with E-state index in [-0.39, 0.29) is 12.1 Å². The summed E-state index contributed by atoms with van der Waals surface area (Å²) in [5.74, 6) is 0.613. The fourth-order valence-corrected chi connectivity index (χ4v) is 2.35. The van der Waals surface area contributed by atoms with Gasteiger partial charge < -0.3 is 10.1 Å². The highest BCUT2D eigenvalue weighted by Crippen LogP contribution is 2.27. The number of nitrogens with zero attached hydrogens (tertiary/aromatic N) is 3. The van der Waals surface area contributed by atoms with Gasteiger partial charge in [-0.25, -0.2) is 4.79 Å². The van der Waals surface area contributed by atoms with E-state index in [2.05, 4.69) is 15.3 Å². The summed E-state index contributed by atoms with van der Waals surface area (Å²) in [7, 11) is 0. The summed E-state index contributed by atoms with van der Waals surface area (Å²) >= 11 is 0. The lowest BCUT2D eigenvalue weighted by molar-refractivity contribution is 0.0487. The monoisotopic (exact) mass is 268 g/mol. The zero-order valence-corrected chi connectivity index (χ0v) is 12.1. The maximum absolute atomic E-state index is 11.6. The van der Waals surface area contributed by atoms with E-state index in [4.69, 9.17) is 10.3 Å². The molecular weight excluding hydrogens is 244 g/mol. The quantitative estimate of drug-likeness (QED) is 0.478. The predicted molar refractivity (Wildman–Crippen MR) is 73.7 cm³/mol. The number of carbonyl (C=O) groups is 1. The summed E-state index contributed by atoms with van der Waals surface area (Å²) in [6.07, 6.45) is 4.71. The van der Waals surface area contributed by atoms with Crippen molar-refractivity contribution in [1.29, 1.82) is 0 Å². The topological polar surface area (TPSA) is 87.1 Å². The molecule has 1 aliphatic carbocycles. The Morgan fingerprint density at radius 3 is 2.53 bits per heavy atom. The maximum atomic E-state index is 11.6. The Hall–Kier alpha value is -1.42. The van der Waals surface area contributed by atoms with E-state index in [1.165, 1.54) is 0 Å².